The lowest BCUT2D eigenvalue weighted by Gasteiger charge is -2.37. The zero-order chi connectivity index (χ0) is 25.3. The average Bonchev–Trinajstić information content (AvgIpc) is 2.82. The van der Waals surface area contributed by atoms with Crippen molar-refractivity contribution >= 4 is 23.4 Å². The van der Waals surface area contributed by atoms with E-state index in [0.29, 0.717) is 46.2 Å². The molecule has 4 rings (SSSR count). The fourth-order valence-corrected chi connectivity index (χ4v) is 5.15. The minimum atomic E-state index is -0.546. The molecule has 1 aliphatic heterocycles. The van der Waals surface area contributed by atoms with Crippen LogP contribution in [-0.4, -0.2) is 32.1 Å². The van der Waals surface area contributed by atoms with E-state index in [9.17, 15) is 9.59 Å². The molecule has 35 heavy (non-hydrogen) atoms. The molecule has 184 valence electrons. The highest BCUT2D eigenvalue weighted by Crippen LogP contribution is 2.46. The maximum Gasteiger partial charge on any atom is 0.337 e. The zero-order valence-corrected chi connectivity index (χ0v) is 21.4. The molecular formula is C28H30ClNO5. The van der Waals surface area contributed by atoms with Crippen LogP contribution in [0.4, 0.5) is 0 Å². The summed E-state index contributed by atoms with van der Waals surface area (Å²) in [6.45, 7) is 5.47. The number of dihydropyridines is 1. The Morgan fingerprint density at radius 1 is 1.03 bits per heavy atom. The molecule has 0 radical (unpaired) electrons. The fraction of sp³-hybridized carbons (Fsp3) is 0.357. The van der Waals surface area contributed by atoms with Gasteiger partial charge in [-0.3, -0.25) is 4.79 Å². The maximum atomic E-state index is 13.7. The van der Waals surface area contributed by atoms with E-state index >= 15 is 0 Å². The van der Waals surface area contributed by atoms with Crippen LogP contribution in [0.5, 0.6) is 11.5 Å². The van der Waals surface area contributed by atoms with E-state index in [1.807, 2.05) is 57.2 Å². The van der Waals surface area contributed by atoms with E-state index in [-0.39, 0.29) is 17.8 Å². The van der Waals surface area contributed by atoms with Gasteiger partial charge in [0, 0.05) is 34.3 Å². The number of ether oxygens (including phenoxy) is 3. The molecule has 1 heterocycles. The highest BCUT2D eigenvalue weighted by molar-refractivity contribution is 6.30. The number of rotatable bonds is 6. The van der Waals surface area contributed by atoms with Gasteiger partial charge in [-0.25, -0.2) is 4.79 Å². The Bertz CT molecular complexity index is 1230. The smallest absolute Gasteiger partial charge is 0.337 e. The van der Waals surface area contributed by atoms with Crippen LogP contribution in [0.15, 0.2) is 65.0 Å². The van der Waals surface area contributed by atoms with E-state index in [4.69, 9.17) is 25.8 Å². The van der Waals surface area contributed by atoms with Gasteiger partial charge in [0.1, 0.15) is 0 Å². The first-order valence-corrected chi connectivity index (χ1v) is 12.0. The van der Waals surface area contributed by atoms with E-state index < -0.39 is 11.9 Å². The molecular weight excluding hydrogens is 466 g/mol. The number of allylic oxidation sites excluding steroid dienone is 3. The molecule has 1 aliphatic carbocycles. The van der Waals surface area contributed by atoms with Gasteiger partial charge in [0.2, 0.25) is 0 Å². The molecule has 2 aliphatic rings. The third kappa shape index (κ3) is 4.94. The largest absolute Gasteiger partial charge is 0.493 e. The second kappa shape index (κ2) is 10.2. The summed E-state index contributed by atoms with van der Waals surface area (Å²) in [6, 6.07) is 13.1. The second-order valence-corrected chi connectivity index (χ2v) is 9.58. The average molecular weight is 496 g/mol. The molecule has 2 atom stereocenters. The molecule has 6 nitrogen and oxygen atoms in total. The maximum absolute atomic E-state index is 13.7. The Morgan fingerprint density at radius 2 is 1.77 bits per heavy atom. The third-order valence-electron chi connectivity index (χ3n) is 6.45. The zero-order valence-electron chi connectivity index (χ0n) is 20.6. The van der Waals surface area contributed by atoms with Crippen molar-refractivity contribution in [2.24, 2.45) is 0 Å². The van der Waals surface area contributed by atoms with Crippen LogP contribution < -0.4 is 14.8 Å². The first-order valence-electron chi connectivity index (χ1n) is 11.7. The second-order valence-electron chi connectivity index (χ2n) is 9.14. The van der Waals surface area contributed by atoms with Crippen LogP contribution in [0, 0.1) is 0 Å². The Labute approximate surface area is 210 Å². The summed E-state index contributed by atoms with van der Waals surface area (Å²) < 4.78 is 16.4. The van der Waals surface area contributed by atoms with Crippen LogP contribution >= 0.6 is 11.6 Å². The molecule has 0 fully saturated rings. The van der Waals surface area contributed by atoms with Crippen molar-refractivity contribution in [2.45, 2.75) is 51.6 Å². The Kier molecular flexibility index (Phi) is 7.22. The number of carbonyl (C=O) groups is 2. The van der Waals surface area contributed by atoms with Crippen LogP contribution in [0.1, 0.15) is 56.6 Å². The summed E-state index contributed by atoms with van der Waals surface area (Å²) in [5.74, 6) is 0.241. The van der Waals surface area contributed by atoms with Gasteiger partial charge in [-0.2, -0.15) is 0 Å². The molecule has 0 aromatic heterocycles. The molecule has 0 saturated carbocycles. The van der Waals surface area contributed by atoms with Crippen LogP contribution in [0.25, 0.3) is 0 Å². The number of esters is 1. The monoisotopic (exact) mass is 495 g/mol. The summed E-state index contributed by atoms with van der Waals surface area (Å²) in [4.78, 5) is 26.9. The minimum absolute atomic E-state index is 0.00847. The van der Waals surface area contributed by atoms with Crippen molar-refractivity contribution in [1.82, 2.24) is 5.32 Å². The van der Waals surface area contributed by atoms with Gasteiger partial charge in [-0.05, 0) is 68.5 Å². The lowest BCUT2D eigenvalue weighted by atomic mass is 9.71. The first kappa shape index (κ1) is 24.9. The molecule has 2 aromatic rings. The lowest BCUT2D eigenvalue weighted by Crippen LogP contribution is -2.36. The SMILES string of the molecule is COc1ccc([C@@H]2CC(=O)C3=C(C2)NC(C)=C(C(=O)OC(C)C)[C@@H]3c2cccc(Cl)c2)cc1OC. The van der Waals surface area contributed by atoms with E-state index in [2.05, 4.69) is 5.32 Å². The number of nitrogens with one attached hydrogen (secondary N) is 1. The summed E-state index contributed by atoms with van der Waals surface area (Å²) in [5, 5.41) is 3.91. The summed E-state index contributed by atoms with van der Waals surface area (Å²) >= 11 is 6.31. The Hall–Kier alpha value is -3.25. The molecule has 0 saturated heterocycles. The van der Waals surface area contributed by atoms with E-state index in [1.165, 1.54) is 0 Å². The third-order valence-corrected chi connectivity index (χ3v) is 6.69. The van der Waals surface area contributed by atoms with Gasteiger partial charge in [0.15, 0.2) is 17.3 Å². The molecule has 0 spiro atoms. The molecule has 1 N–H and O–H groups in total. The van der Waals surface area contributed by atoms with Crippen molar-refractivity contribution in [2.75, 3.05) is 14.2 Å². The highest BCUT2D eigenvalue weighted by Gasteiger charge is 2.41. The molecule has 2 aromatic carbocycles. The highest BCUT2D eigenvalue weighted by atomic mass is 35.5. The number of ketones is 1. The number of carbonyl (C=O) groups excluding carboxylic acids is 2. The number of benzene rings is 2. The van der Waals surface area contributed by atoms with Crippen LogP contribution in [0.3, 0.4) is 0 Å². The molecule has 7 heteroatoms. The first-order chi connectivity index (χ1) is 16.7. The van der Waals surface area contributed by atoms with Crippen molar-refractivity contribution < 1.29 is 23.8 Å². The Morgan fingerprint density at radius 3 is 2.43 bits per heavy atom. The lowest BCUT2D eigenvalue weighted by molar-refractivity contribution is -0.143. The standard InChI is InChI=1S/C28H30ClNO5/c1-15(2)35-28(32)25-16(3)30-21-12-19(17-9-10-23(33-4)24(14-17)34-5)13-22(31)27(21)26(25)18-7-6-8-20(29)11-18/h6-11,14-15,19,26,30H,12-13H2,1-5H3/t19-,26-/m0/s1. The van der Waals surface area contributed by atoms with Crippen LogP contribution in [-0.2, 0) is 14.3 Å². The number of hydrogen-bond acceptors (Lipinski definition) is 6. The summed E-state index contributed by atoms with van der Waals surface area (Å²) in [7, 11) is 3.19. The Balaban J connectivity index is 1.77. The number of Topliss-reactive ketones (excluding diaryl/α,β-unsaturated/α-hetero) is 1. The van der Waals surface area contributed by atoms with Gasteiger partial charge in [-0.1, -0.05) is 29.8 Å². The fourth-order valence-electron chi connectivity index (χ4n) is 4.95. The predicted molar refractivity (Wildman–Crippen MR) is 135 cm³/mol. The summed E-state index contributed by atoms with van der Waals surface area (Å²) in [5.41, 5.74) is 4.34. The van der Waals surface area contributed by atoms with Gasteiger partial charge >= 0.3 is 5.97 Å². The van der Waals surface area contributed by atoms with E-state index in [0.717, 1.165) is 16.8 Å². The number of halogens is 1. The van der Waals surface area contributed by atoms with Crippen molar-refractivity contribution in [1.29, 1.82) is 0 Å². The van der Waals surface area contributed by atoms with Crippen molar-refractivity contribution in [3.8, 4) is 11.5 Å². The molecule has 0 unspecified atom stereocenters. The summed E-state index contributed by atoms with van der Waals surface area (Å²) in [6.07, 6.45) is 0.658. The van der Waals surface area contributed by atoms with Gasteiger partial charge < -0.3 is 19.5 Å². The number of methoxy groups -OCH3 is 2. The van der Waals surface area contributed by atoms with Gasteiger partial charge in [-0.15, -0.1) is 0 Å². The van der Waals surface area contributed by atoms with Gasteiger partial charge in [0.25, 0.3) is 0 Å². The molecule has 0 bridgehead atoms. The van der Waals surface area contributed by atoms with Crippen LogP contribution in [0.2, 0.25) is 5.02 Å². The minimum Gasteiger partial charge on any atom is -0.493 e. The van der Waals surface area contributed by atoms with E-state index in [1.54, 1.807) is 20.3 Å². The van der Waals surface area contributed by atoms with Crippen molar-refractivity contribution in [3.63, 3.8) is 0 Å². The van der Waals surface area contributed by atoms with Crippen molar-refractivity contribution in [3.05, 3.63) is 81.2 Å². The quantitative estimate of drug-likeness (QED) is 0.520. The predicted octanol–water partition coefficient (Wildman–Crippen LogP) is 5.67. The van der Waals surface area contributed by atoms with Gasteiger partial charge in [0.05, 0.1) is 25.9 Å². The normalized spacial score (nSPS) is 19.9. The topological polar surface area (TPSA) is 73.9 Å². The molecule has 0 amide bonds. The number of hydrogen-bond donors (Lipinski definition) is 1.